The third-order valence-corrected chi connectivity index (χ3v) is 5.46. The van der Waals surface area contributed by atoms with E-state index in [1.165, 1.54) is 12.8 Å². The number of nitrogens with zero attached hydrogens (tertiary/aromatic N) is 4. The minimum absolute atomic E-state index is 0.0508. The van der Waals surface area contributed by atoms with Crippen molar-refractivity contribution in [3.63, 3.8) is 0 Å². The van der Waals surface area contributed by atoms with Crippen molar-refractivity contribution in [3.8, 4) is 0 Å². The number of aromatic nitrogens is 3. The van der Waals surface area contributed by atoms with Crippen LogP contribution in [0.15, 0.2) is 36.5 Å². The quantitative estimate of drug-likeness (QED) is 0.594. The van der Waals surface area contributed by atoms with Crippen LogP contribution < -0.4 is 10.6 Å². The summed E-state index contributed by atoms with van der Waals surface area (Å²) < 4.78 is 1.67. The minimum atomic E-state index is -0.793. The second-order valence-electron chi connectivity index (χ2n) is 7.97. The Hall–Kier alpha value is -2.94. The van der Waals surface area contributed by atoms with Gasteiger partial charge >= 0.3 is 12.0 Å². The standard InChI is InChI=1S/C20H26N6O3/c27-19(28)13-25(10-15-6-7-15)17-8-16(9-17)21-20(29)22-18-12-26(24-23-18)11-14-4-2-1-3-5-14/h1-5,12,15-17H,6-11,13H2,(H,27,28)(H2,21,22,29). The fourth-order valence-electron chi connectivity index (χ4n) is 3.69. The molecule has 0 aliphatic heterocycles. The fourth-order valence-corrected chi connectivity index (χ4v) is 3.69. The van der Waals surface area contributed by atoms with E-state index < -0.39 is 5.97 Å². The van der Waals surface area contributed by atoms with Gasteiger partial charge < -0.3 is 10.4 Å². The fraction of sp³-hybridized carbons (Fsp3) is 0.500. The zero-order chi connectivity index (χ0) is 20.2. The number of benzene rings is 1. The normalized spacial score (nSPS) is 20.9. The molecule has 9 nitrogen and oxygen atoms in total. The molecule has 2 aliphatic carbocycles. The van der Waals surface area contributed by atoms with Crippen molar-refractivity contribution >= 4 is 17.8 Å². The Morgan fingerprint density at radius 2 is 1.97 bits per heavy atom. The maximum atomic E-state index is 12.2. The molecule has 2 aromatic rings. The van der Waals surface area contributed by atoms with E-state index in [0.29, 0.717) is 18.3 Å². The zero-order valence-electron chi connectivity index (χ0n) is 16.2. The Morgan fingerprint density at radius 3 is 2.66 bits per heavy atom. The predicted molar refractivity (Wildman–Crippen MR) is 106 cm³/mol. The number of nitrogens with one attached hydrogen (secondary N) is 2. The van der Waals surface area contributed by atoms with Crippen LogP contribution >= 0.6 is 0 Å². The summed E-state index contributed by atoms with van der Waals surface area (Å²) in [6, 6.07) is 9.86. The highest BCUT2D eigenvalue weighted by Gasteiger charge is 2.37. The molecule has 0 unspecified atom stereocenters. The molecule has 2 aliphatic rings. The van der Waals surface area contributed by atoms with Gasteiger partial charge in [-0.1, -0.05) is 35.5 Å². The summed E-state index contributed by atoms with van der Waals surface area (Å²) in [6.07, 6.45) is 5.62. The summed E-state index contributed by atoms with van der Waals surface area (Å²) in [5, 5.41) is 22.8. The van der Waals surface area contributed by atoms with Gasteiger partial charge in [0.25, 0.3) is 0 Å². The molecule has 0 spiro atoms. The van der Waals surface area contributed by atoms with E-state index >= 15 is 0 Å². The number of amides is 2. The third kappa shape index (κ3) is 5.54. The monoisotopic (exact) mass is 398 g/mol. The van der Waals surface area contributed by atoms with Crippen molar-refractivity contribution in [1.82, 2.24) is 25.2 Å². The molecule has 9 heteroatoms. The molecule has 4 rings (SSSR count). The smallest absolute Gasteiger partial charge is 0.320 e. The highest BCUT2D eigenvalue weighted by Crippen LogP contribution is 2.33. The van der Waals surface area contributed by atoms with Crippen molar-refractivity contribution in [3.05, 3.63) is 42.1 Å². The summed E-state index contributed by atoms with van der Waals surface area (Å²) in [4.78, 5) is 25.4. The molecule has 0 bridgehead atoms. The van der Waals surface area contributed by atoms with Gasteiger partial charge in [-0.05, 0) is 37.2 Å². The summed E-state index contributed by atoms with van der Waals surface area (Å²) in [5.74, 6) is 0.247. The predicted octanol–water partition coefficient (Wildman–Crippen LogP) is 1.78. The molecule has 1 heterocycles. The molecule has 0 saturated heterocycles. The summed E-state index contributed by atoms with van der Waals surface area (Å²) in [7, 11) is 0. The van der Waals surface area contributed by atoms with Crippen LogP contribution in [0.2, 0.25) is 0 Å². The number of carboxylic acid groups (broad SMARTS) is 1. The van der Waals surface area contributed by atoms with Gasteiger partial charge in [-0.2, -0.15) is 0 Å². The van der Waals surface area contributed by atoms with Crippen LogP contribution in [0.5, 0.6) is 0 Å². The van der Waals surface area contributed by atoms with Crippen molar-refractivity contribution in [1.29, 1.82) is 0 Å². The molecule has 2 amide bonds. The summed E-state index contributed by atoms with van der Waals surface area (Å²) in [5.41, 5.74) is 1.10. The average Bonchev–Trinajstić information content (AvgIpc) is 3.36. The Bertz CT molecular complexity index is 845. The first-order valence-corrected chi connectivity index (χ1v) is 10.0. The molecule has 0 radical (unpaired) electrons. The maximum absolute atomic E-state index is 12.2. The minimum Gasteiger partial charge on any atom is -0.480 e. The second-order valence-corrected chi connectivity index (χ2v) is 7.97. The molecule has 1 aromatic carbocycles. The number of anilines is 1. The lowest BCUT2D eigenvalue weighted by atomic mass is 9.85. The van der Waals surface area contributed by atoms with Gasteiger partial charge in [-0.15, -0.1) is 5.10 Å². The molecular formula is C20H26N6O3. The van der Waals surface area contributed by atoms with Gasteiger partial charge in [0.2, 0.25) is 0 Å². The number of aliphatic carboxylic acids is 1. The van der Waals surface area contributed by atoms with Crippen molar-refractivity contribution in [2.45, 2.75) is 44.3 Å². The van der Waals surface area contributed by atoms with Gasteiger partial charge in [-0.25, -0.2) is 9.48 Å². The molecule has 0 atom stereocenters. The van der Waals surface area contributed by atoms with Gasteiger partial charge in [-0.3, -0.25) is 15.0 Å². The number of hydrogen-bond donors (Lipinski definition) is 3. The lowest BCUT2D eigenvalue weighted by Crippen LogP contribution is -2.55. The first-order chi connectivity index (χ1) is 14.0. The highest BCUT2D eigenvalue weighted by molar-refractivity contribution is 5.88. The molecule has 1 aromatic heterocycles. The van der Waals surface area contributed by atoms with Crippen molar-refractivity contribution in [2.75, 3.05) is 18.4 Å². The summed E-state index contributed by atoms with van der Waals surface area (Å²) >= 11 is 0. The summed E-state index contributed by atoms with van der Waals surface area (Å²) in [6.45, 7) is 1.51. The van der Waals surface area contributed by atoms with E-state index in [9.17, 15) is 9.59 Å². The SMILES string of the molecule is O=C(O)CN(CC1CC1)C1CC(NC(=O)Nc2cn(Cc3ccccc3)nn2)C1. The molecule has 29 heavy (non-hydrogen) atoms. The lowest BCUT2D eigenvalue weighted by Gasteiger charge is -2.42. The van der Waals surface area contributed by atoms with Crippen LogP contribution in [0.3, 0.4) is 0 Å². The van der Waals surface area contributed by atoms with Crippen LogP contribution in [-0.4, -0.2) is 62.2 Å². The number of carbonyl (C=O) groups excluding carboxylic acids is 1. The van der Waals surface area contributed by atoms with E-state index in [1.54, 1.807) is 10.9 Å². The second kappa shape index (κ2) is 8.60. The van der Waals surface area contributed by atoms with Gasteiger partial charge in [0, 0.05) is 18.6 Å². The zero-order valence-corrected chi connectivity index (χ0v) is 16.2. The Morgan fingerprint density at radius 1 is 1.21 bits per heavy atom. The Balaban J connectivity index is 1.21. The first kappa shape index (κ1) is 19.4. The Kier molecular flexibility index (Phi) is 5.75. The van der Waals surface area contributed by atoms with Crippen molar-refractivity contribution in [2.24, 2.45) is 5.92 Å². The number of hydrogen-bond acceptors (Lipinski definition) is 5. The van der Waals surface area contributed by atoms with E-state index in [2.05, 4.69) is 20.9 Å². The highest BCUT2D eigenvalue weighted by atomic mass is 16.4. The van der Waals surface area contributed by atoms with E-state index in [4.69, 9.17) is 5.11 Å². The maximum Gasteiger partial charge on any atom is 0.320 e. The van der Waals surface area contributed by atoms with Gasteiger partial charge in [0.15, 0.2) is 5.82 Å². The largest absolute Gasteiger partial charge is 0.480 e. The number of rotatable bonds is 9. The molecule has 154 valence electrons. The molecule has 2 fully saturated rings. The topological polar surface area (TPSA) is 112 Å². The Labute approximate surface area is 169 Å². The van der Waals surface area contributed by atoms with Gasteiger partial charge in [0.1, 0.15) is 0 Å². The van der Waals surface area contributed by atoms with E-state index in [0.717, 1.165) is 24.9 Å². The van der Waals surface area contributed by atoms with Crippen LogP contribution in [0.4, 0.5) is 10.6 Å². The third-order valence-electron chi connectivity index (χ3n) is 5.46. The van der Waals surface area contributed by atoms with E-state index in [1.807, 2.05) is 35.2 Å². The number of carboxylic acids is 1. The van der Waals surface area contributed by atoms with Crippen molar-refractivity contribution < 1.29 is 14.7 Å². The van der Waals surface area contributed by atoms with Crippen LogP contribution in [0.1, 0.15) is 31.2 Å². The van der Waals surface area contributed by atoms with Crippen LogP contribution in [-0.2, 0) is 11.3 Å². The van der Waals surface area contributed by atoms with Gasteiger partial charge in [0.05, 0.1) is 19.3 Å². The van der Waals surface area contributed by atoms with Crippen LogP contribution in [0, 0.1) is 5.92 Å². The average molecular weight is 398 g/mol. The molecular weight excluding hydrogens is 372 g/mol. The molecule has 2 saturated carbocycles. The molecule has 3 N–H and O–H groups in total. The first-order valence-electron chi connectivity index (χ1n) is 10.0. The van der Waals surface area contributed by atoms with Crippen LogP contribution in [0.25, 0.3) is 0 Å². The number of carbonyl (C=O) groups is 2. The van der Waals surface area contributed by atoms with E-state index in [-0.39, 0.29) is 24.7 Å². The number of urea groups is 1. The lowest BCUT2D eigenvalue weighted by molar-refractivity contribution is -0.139.